The van der Waals surface area contributed by atoms with E-state index in [0.29, 0.717) is 5.75 Å². The number of nitrogens with zero attached hydrogens (tertiary/aromatic N) is 1. The van der Waals surface area contributed by atoms with Gasteiger partial charge >= 0.3 is 5.97 Å². The molecule has 0 radical (unpaired) electrons. The van der Waals surface area contributed by atoms with Crippen LogP contribution in [0.4, 0.5) is 5.69 Å². The zero-order valence-corrected chi connectivity index (χ0v) is 11.5. The molecular formula is C13H12N2O7. The fraction of sp³-hybridized carbons (Fsp3) is 0.231. The molecule has 0 bridgehead atoms. The largest absolute Gasteiger partial charge is 0.454 e. The van der Waals surface area contributed by atoms with Gasteiger partial charge in [-0.15, -0.1) is 0 Å². The first-order valence-corrected chi connectivity index (χ1v) is 6.14. The minimum absolute atomic E-state index is 0.0200. The van der Waals surface area contributed by atoms with Gasteiger partial charge in [0.15, 0.2) is 18.1 Å². The van der Waals surface area contributed by atoms with E-state index in [1.54, 1.807) is 0 Å². The van der Waals surface area contributed by atoms with Gasteiger partial charge in [-0.1, -0.05) is 0 Å². The van der Waals surface area contributed by atoms with Crippen LogP contribution in [-0.4, -0.2) is 37.2 Å². The fourth-order valence-corrected chi connectivity index (χ4v) is 1.65. The highest BCUT2D eigenvalue weighted by Gasteiger charge is 2.22. The van der Waals surface area contributed by atoms with Crippen LogP contribution >= 0.6 is 0 Å². The lowest BCUT2D eigenvalue weighted by Crippen LogP contribution is -2.24. The zero-order valence-electron chi connectivity index (χ0n) is 11.5. The number of hydrogen-bond acceptors (Lipinski definition) is 7. The summed E-state index contributed by atoms with van der Waals surface area (Å²) in [6, 6.07) is 2.61. The molecular weight excluding hydrogens is 296 g/mol. The van der Waals surface area contributed by atoms with E-state index >= 15 is 0 Å². The molecule has 22 heavy (non-hydrogen) atoms. The second-order valence-corrected chi connectivity index (χ2v) is 4.14. The molecule has 1 amide bonds. The molecule has 1 aliphatic heterocycles. The summed E-state index contributed by atoms with van der Waals surface area (Å²) in [6.45, 7) is -0.448. The summed E-state index contributed by atoms with van der Waals surface area (Å²) in [5, 5.41) is 13.3. The number of ether oxygens (including phenoxy) is 3. The summed E-state index contributed by atoms with van der Waals surface area (Å²) in [7, 11) is 1.40. The highest BCUT2D eigenvalue weighted by atomic mass is 16.7. The Hall–Kier alpha value is -3.10. The molecule has 1 heterocycles. The van der Waals surface area contributed by atoms with Gasteiger partial charge in [-0.05, 0) is 12.1 Å². The third-order valence-corrected chi connectivity index (χ3v) is 2.74. The molecule has 2 rings (SSSR count). The van der Waals surface area contributed by atoms with Crippen LogP contribution in [0.3, 0.4) is 0 Å². The number of hydrogen-bond donors (Lipinski definition) is 1. The predicted octanol–water partition coefficient (Wildman–Crippen LogP) is 0.626. The summed E-state index contributed by atoms with van der Waals surface area (Å²) < 4.78 is 14.8. The summed E-state index contributed by atoms with van der Waals surface area (Å²) in [5.74, 6) is -0.638. The molecule has 0 atom stereocenters. The van der Waals surface area contributed by atoms with Gasteiger partial charge in [-0.25, -0.2) is 4.79 Å². The number of fused-ring (bicyclic) bond motifs is 1. The van der Waals surface area contributed by atoms with Gasteiger partial charge in [0, 0.05) is 13.1 Å². The number of esters is 1. The van der Waals surface area contributed by atoms with Crippen molar-refractivity contribution in [1.82, 2.24) is 5.32 Å². The van der Waals surface area contributed by atoms with Gasteiger partial charge in [-0.3, -0.25) is 14.9 Å². The molecule has 0 aromatic heterocycles. The number of carbonyl (C=O) groups is 2. The summed E-state index contributed by atoms with van der Waals surface area (Å²) >= 11 is 0. The quantitative estimate of drug-likeness (QED) is 0.367. The average molecular weight is 308 g/mol. The van der Waals surface area contributed by atoms with Crippen LogP contribution in [0.15, 0.2) is 18.2 Å². The summed E-state index contributed by atoms with van der Waals surface area (Å²) in [5.41, 5.74) is -0.0780. The first-order chi connectivity index (χ1) is 10.5. The van der Waals surface area contributed by atoms with Gasteiger partial charge < -0.3 is 19.5 Å². The molecule has 1 aromatic carbocycles. The van der Waals surface area contributed by atoms with E-state index in [-0.39, 0.29) is 23.8 Å². The molecule has 0 saturated carbocycles. The Labute approximate surface area is 124 Å². The topological polar surface area (TPSA) is 117 Å². The van der Waals surface area contributed by atoms with Crippen molar-refractivity contribution in [3.8, 4) is 11.5 Å². The number of nitrogens with one attached hydrogen (secondary N) is 1. The Morgan fingerprint density at radius 3 is 2.73 bits per heavy atom. The molecule has 1 aromatic rings. The van der Waals surface area contributed by atoms with Crippen molar-refractivity contribution < 1.29 is 28.7 Å². The van der Waals surface area contributed by atoms with E-state index in [4.69, 9.17) is 9.47 Å². The molecule has 0 spiro atoms. The Kier molecular flexibility index (Phi) is 4.57. The van der Waals surface area contributed by atoms with Crippen LogP contribution in [0.25, 0.3) is 6.08 Å². The van der Waals surface area contributed by atoms with E-state index in [1.807, 2.05) is 0 Å². The number of nitro groups is 1. The monoisotopic (exact) mass is 308 g/mol. The number of carbonyl (C=O) groups excluding carboxylic acids is 2. The highest BCUT2D eigenvalue weighted by molar-refractivity contribution is 5.90. The van der Waals surface area contributed by atoms with Gasteiger partial charge in [0.05, 0.1) is 16.6 Å². The minimum atomic E-state index is -0.796. The fourth-order valence-electron chi connectivity index (χ4n) is 1.65. The average Bonchev–Trinajstić information content (AvgIpc) is 2.96. The van der Waals surface area contributed by atoms with Crippen LogP contribution in [0.5, 0.6) is 11.5 Å². The highest BCUT2D eigenvalue weighted by Crippen LogP contribution is 2.38. The Morgan fingerprint density at radius 2 is 2.09 bits per heavy atom. The second-order valence-electron chi connectivity index (χ2n) is 4.14. The molecule has 0 aliphatic carbocycles. The lowest BCUT2D eigenvalue weighted by atomic mass is 10.1. The molecule has 116 valence electrons. The molecule has 0 unspecified atom stereocenters. The van der Waals surface area contributed by atoms with Crippen LogP contribution < -0.4 is 14.8 Å². The van der Waals surface area contributed by atoms with Crippen LogP contribution in [-0.2, 0) is 14.3 Å². The first kappa shape index (κ1) is 15.3. The predicted molar refractivity (Wildman–Crippen MR) is 73.3 cm³/mol. The van der Waals surface area contributed by atoms with E-state index in [9.17, 15) is 19.7 Å². The van der Waals surface area contributed by atoms with Crippen molar-refractivity contribution in [3.63, 3.8) is 0 Å². The second kappa shape index (κ2) is 6.57. The number of benzene rings is 1. The number of nitro benzene ring substituents is 1. The van der Waals surface area contributed by atoms with Crippen molar-refractivity contribution in [3.05, 3.63) is 33.9 Å². The molecule has 1 aliphatic rings. The molecule has 9 heteroatoms. The Balaban J connectivity index is 2.14. The van der Waals surface area contributed by atoms with E-state index in [0.717, 1.165) is 6.08 Å². The number of likely N-dealkylation sites (N-methyl/N-ethyl adjacent to an activating group) is 1. The van der Waals surface area contributed by atoms with Crippen molar-refractivity contribution >= 4 is 23.6 Å². The zero-order chi connectivity index (χ0) is 16.1. The van der Waals surface area contributed by atoms with E-state index < -0.39 is 23.4 Å². The molecule has 0 fully saturated rings. The van der Waals surface area contributed by atoms with Crippen LogP contribution in [0.2, 0.25) is 0 Å². The Bertz CT molecular complexity index is 654. The standard InChI is InChI=1S/C13H12N2O7/c1-14-12(16)6-20-13(17)3-2-8-4-10-11(22-7-21-10)5-9(8)15(18)19/h2-5H,6-7H2,1H3,(H,14,16)/b3-2+. The maximum atomic E-state index is 11.4. The summed E-state index contributed by atoms with van der Waals surface area (Å²) in [4.78, 5) is 32.8. The third-order valence-electron chi connectivity index (χ3n) is 2.74. The van der Waals surface area contributed by atoms with Gasteiger partial charge in [0.2, 0.25) is 6.79 Å². The van der Waals surface area contributed by atoms with Crippen molar-refractivity contribution in [1.29, 1.82) is 0 Å². The maximum absolute atomic E-state index is 11.4. The summed E-state index contributed by atoms with van der Waals surface area (Å²) in [6.07, 6.45) is 2.21. The van der Waals surface area contributed by atoms with E-state index in [1.165, 1.54) is 25.3 Å². The minimum Gasteiger partial charge on any atom is -0.454 e. The van der Waals surface area contributed by atoms with Crippen LogP contribution in [0.1, 0.15) is 5.56 Å². The van der Waals surface area contributed by atoms with Crippen molar-refractivity contribution in [2.45, 2.75) is 0 Å². The van der Waals surface area contributed by atoms with Gasteiger partial charge in [0.1, 0.15) is 0 Å². The number of rotatable bonds is 5. The molecule has 9 nitrogen and oxygen atoms in total. The smallest absolute Gasteiger partial charge is 0.331 e. The molecule has 1 N–H and O–H groups in total. The van der Waals surface area contributed by atoms with Crippen molar-refractivity contribution in [2.75, 3.05) is 20.4 Å². The van der Waals surface area contributed by atoms with Gasteiger partial charge in [0.25, 0.3) is 11.6 Å². The van der Waals surface area contributed by atoms with Crippen LogP contribution in [0, 0.1) is 10.1 Å². The molecule has 0 saturated heterocycles. The number of amides is 1. The first-order valence-electron chi connectivity index (χ1n) is 6.14. The Morgan fingerprint density at radius 1 is 1.41 bits per heavy atom. The maximum Gasteiger partial charge on any atom is 0.331 e. The van der Waals surface area contributed by atoms with Crippen molar-refractivity contribution in [2.24, 2.45) is 0 Å². The lowest BCUT2D eigenvalue weighted by molar-refractivity contribution is -0.385. The SMILES string of the molecule is CNC(=O)COC(=O)/C=C/c1cc2c(cc1[N+](=O)[O-])OCO2. The lowest BCUT2D eigenvalue weighted by Gasteiger charge is -2.02. The van der Waals surface area contributed by atoms with E-state index in [2.05, 4.69) is 10.1 Å². The third kappa shape index (κ3) is 3.51. The van der Waals surface area contributed by atoms with Gasteiger partial charge in [-0.2, -0.15) is 0 Å². The normalized spacial score (nSPS) is 12.2.